The number of likely N-dealkylation sites (tertiary alicyclic amines) is 1. The molecule has 3 rings (SSSR count). The molecule has 0 spiro atoms. The fourth-order valence-electron chi connectivity index (χ4n) is 3.75. The number of piperidine rings is 1. The van der Waals surface area contributed by atoms with Crippen molar-refractivity contribution in [3.63, 3.8) is 0 Å². The Hall–Kier alpha value is -1.93. The Morgan fingerprint density at radius 3 is 2.14 bits per heavy atom. The van der Waals surface area contributed by atoms with Crippen LogP contribution >= 0.6 is 0 Å². The number of amides is 1. The Kier molecular flexibility index (Phi) is 7.29. The van der Waals surface area contributed by atoms with E-state index >= 15 is 0 Å². The van der Waals surface area contributed by atoms with Gasteiger partial charge in [-0.25, -0.2) is 13.2 Å². The molecular formula is C21H30N2O5S. The first kappa shape index (κ1) is 21.8. The van der Waals surface area contributed by atoms with Gasteiger partial charge in [-0.2, -0.15) is 4.31 Å². The van der Waals surface area contributed by atoms with Gasteiger partial charge in [0.25, 0.3) is 5.91 Å². The van der Waals surface area contributed by atoms with Gasteiger partial charge < -0.3 is 9.64 Å². The highest BCUT2D eigenvalue weighted by Gasteiger charge is 2.26. The smallest absolute Gasteiger partial charge is 0.338 e. The van der Waals surface area contributed by atoms with E-state index in [0.717, 1.165) is 38.5 Å². The number of benzene rings is 1. The summed E-state index contributed by atoms with van der Waals surface area (Å²) in [5, 5.41) is 0. The molecular weight excluding hydrogens is 392 g/mol. The standard InChI is InChI=1S/C21H30N2O5S/c1-17-10-14-22(15-11-17)20(24)16-28-21(25)18-6-8-19(9-7-18)29(26,27)23-12-4-2-3-5-13-23/h6-9,17H,2-5,10-16H2,1H3. The van der Waals surface area contributed by atoms with Gasteiger partial charge in [0.2, 0.25) is 10.0 Å². The SMILES string of the molecule is CC1CCN(C(=O)COC(=O)c2ccc(S(=O)(=O)N3CCCCCC3)cc2)CC1. The molecule has 2 aliphatic heterocycles. The van der Waals surface area contributed by atoms with Crippen molar-refractivity contribution in [2.75, 3.05) is 32.8 Å². The number of ether oxygens (including phenoxy) is 1. The number of carbonyl (C=O) groups is 2. The summed E-state index contributed by atoms with van der Waals surface area (Å²) < 4.78 is 32.2. The van der Waals surface area contributed by atoms with Gasteiger partial charge in [-0.15, -0.1) is 0 Å². The highest BCUT2D eigenvalue weighted by Crippen LogP contribution is 2.21. The summed E-state index contributed by atoms with van der Waals surface area (Å²) in [6, 6.07) is 5.76. The Morgan fingerprint density at radius 1 is 0.966 bits per heavy atom. The molecule has 2 fully saturated rings. The number of nitrogens with zero attached hydrogens (tertiary/aromatic N) is 2. The summed E-state index contributed by atoms with van der Waals surface area (Å²) in [5.74, 6) is -0.196. The number of carbonyl (C=O) groups excluding carboxylic acids is 2. The van der Waals surface area contributed by atoms with Crippen LogP contribution in [0.4, 0.5) is 0 Å². The fraction of sp³-hybridized carbons (Fsp3) is 0.619. The molecule has 2 aliphatic rings. The summed E-state index contributed by atoms with van der Waals surface area (Å²) in [5.41, 5.74) is 0.236. The Balaban J connectivity index is 1.56. The molecule has 2 heterocycles. The van der Waals surface area contributed by atoms with Crippen molar-refractivity contribution in [1.29, 1.82) is 0 Å². The van der Waals surface area contributed by atoms with Crippen molar-refractivity contribution in [2.45, 2.75) is 50.3 Å². The van der Waals surface area contributed by atoms with Crippen LogP contribution in [-0.2, 0) is 19.6 Å². The number of rotatable bonds is 5. The van der Waals surface area contributed by atoms with Gasteiger partial charge in [-0.05, 0) is 55.9 Å². The fourth-order valence-corrected chi connectivity index (χ4v) is 5.27. The molecule has 2 saturated heterocycles. The second-order valence-corrected chi connectivity index (χ2v) is 9.92. The molecule has 0 bridgehead atoms. The average Bonchev–Trinajstić information content (AvgIpc) is 3.02. The van der Waals surface area contributed by atoms with Crippen LogP contribution in [0.5, 0.6) is 0 Å². The van der Waals surface area contributed by atoms with Crippen LogP contribution in [-0.4, -0.2) is 62.3 Å². The third kappa shape index (κ3) is 5.57. The molecule has 160 valence electrons. The molecule has 8 heteroatoms. The van der Waals surface area contributed by atoms with Crippen LogP contribution < -0.4 is 0 Å². The second kappa shape index (κ2) is 9.71. The van der Waals surface area contributed by atoms with Crippen molar-refractivity contribution in [3.05, 3.63) is 29.8 Å². The van der Waals surface area contributed by atoms with Gasteiger partial charge >= 0.3 is 5.97 Å². The topological polar surface area (TPSA) is 84.0 Å². The van der Waals surface area contributed by atoms with E-state index in [2.05, 4.69) is 6.92 Å². The maximum atomic E-state index is 12.8. The lowest BCUT2D eigenvalue weighted by Gasteiger charge is -2.30. The van der Waals surface area contributed by atoms with Crippen LogP contribution in [0.15, 0.2) is 29.2 Å². The molecule has 29 heavy (non-hydrogen) atoms. The minimum atomic E-state index is -3.55. The van der Waals surface area contributed by atoms with Gasteiger partial charge in [0.05, 0.1) is 10.5 Å². The van der Waals surface area contributed by atoms with E-state index in [1.165, 1.54) is 28.6 Å². The summed E-state index contributed by atoms with van der Waals surface area (Å²) in [7, 11) is -3.55. The molecule has 0 unspecified atom stereocenters. The lowest BCUT2D eigenvalue weighted by atomic mass is 9.99. The number of hydrogen-bond acceptors (Lipinski definition) is 5. The Labute approximate surface area is 173 Å². The lowest BCUT2D eigenvalue weighted by molar-refractivity contribution is -0.135. The van der Waals surface area contributed by atoms with E-state index < -0.39 is 16.0 Å². The normalized spacial score (nSPS) is 19.6. The molecule has 0 radical (unpaired) electrons. The van der Waals surface area contributed by atoms with Gasteiger partial charge in [0.15, 0.2) is 6.61 Å². The summed E-state index contributed by atoms with van der Waals surface area (Å²) >= 11 is 0. The third-order valence-electron chi connectivity index (χ3n) is 5.76. The first-order valence-corrected chi connectivity index (χ1v) is 11.9. The summed E-state index contributed by atoms with van der Waals surface area (Å²) in [4.78, 5) is 26.3. The van der Waals surface area contributed by atoms with Crippen molar-refractivity contribution >= 4 is 21.9 Å². The maximum absolute atomic E-state index is 12.8. The van der Waals surface area contributed by atoms with Crippen molar-refractivity contribution in [1.82, 2.24) is 9.21 Å². The molecule has 1 amide bonds. The van der Waals surface area contributed by atoms with Crippen molar-refractivity contribution < 1.29 is 22.7 Å². The molecule has 7 nitrogen and oxygen atoms in total. The zero-order valence-corrected chi connectivity index (χ0v) is 17.8. The van der Waals surface area contributed by atoms with Crippen LogP contribution in [0.1, 0.15) is 55.8 Å². The maximum Gasteiger partial charge on any atom is 0.338 e. The molecule has 0 N–H and O–H groups in total. The van der Waals surface area contributed by atoms with E-state index in [4.69, 9.17) is 4.74 Å². The average molecular weight is 423 g/mol. The van der Waals surface area contributed by atoms with Gasteiger partial charge in [-0.3, -0.25) is 4.79 Å². The van der Waals surface area contributed by atoms with E-state index in [1.54, 1.807) is 4.90 Å². The number of sulfonamides is 1. The van der Waals surface area contributed by atoms with Crippen molar-refractivity contribution in [3.8, 4) is 0 Å². The third-order valence-corrected chi connectivity index (χ3v) is 7.67. The van der Waals surface area contributed by atoms with Gasteiger partial charge in [-0.1, -0.05) is 19.8 Å². The quantitative estimate of drug-likeness (QED) is 0.681. The number of esters is 1. The molecule has 0 aliphatic carbocycles. The number of hydrogen-bond donors (Lipinski definition) is 0. The summed E-state index contributed by atoms with van der Waals surface area (Å²) in [6.45, 7) is 4.33. The highest BCUT2D eigenvalue weighted by atomic mass is 32.2. The minimum Gasteiger partial charge on any atom is -0.452 e. The van der Waals surface area contributed by atoms with Crippen molar-refractivity contribution in [2.24, 2.45) is 5.92 Å². The molecule has 1 aromatic carbocycles. The molecule has 0 saturated carbocycles. The van der Waals surface area contributed by atoms with Gasteiger partial charge in [0, 0.05) is 26.2 Å². The van der Waals surface area contributed by atoms with Crippen LogP contribution in [0.2, 0.25) is 0 Å². The second-order valence-electron chi connectivity index (χ2n) is 7.98. The monoisotopic (exact) mass is 422 g/mol. The molecule has 0 aromatic heterocycles. The predicted octanol–water partition coefficient (Wildman–Crippen LogP) is 2.67. The van der Waals surface area contributed by atoms with E-state index in [0.29, 0.717) is 32.1 Å². The summed E-state index contributed by atoms with van der Waals surface area (Å²) in [6.07, 6.45) is 5.76. The van der Waals surface area contributed by atoms with E-state index in [1.807, 2.05) is 0 Å². The van der Waals surface area contributed by atoms with Crippen LogP contribution in [0, 0.1) is 5.92 Å². The lowest BCUT2D eigenvalue weighted by Crippen LogP contribution is -2.40. The highest BCUT2D eigenvalue weighted by molar-refractivity contribution is 7.89. The molecule has 1 aromatic rings. The molecule has 0 atom stereocenters. The predicted molar refractivity (Wildman–Crippen MR) is 109 cm³/mol. The largest absolute Gasteiger partial charge is 0.452 e. The first-order chi connectivity index (χ1) is 13.9. The van der Waals surface area contributed by atoms with Gasteiger partial charge in [0.1, 0.15) is 0 Å². The van der Waals surface area contributed by atoms with E-state index in [-0.39, 0.29) is 23.0 Å². The Morgan fingerprint density at radius 2 is 1.55 bits per heavy atom. The van der Waals surface area contributed by atoms with Crippen LogP contribution in [0.3, 0.4) is 0 Å². The Bertz CT molecular complexity index is 806. The first-order valence-electron chi connectivity index (χ1n) is 10.4. The minimum absolute atomic E-state index is 0.175. The van der Waals surface area contributed by atoms with E-state index in [9.17, 15) is 18.0 Å². The zero-order chi connectivity index (χ0) is 20.9. The van der Waals surface area contributed by atoms with Crippen LogP contribution in [0.25, 0.3) is 0 Å². The zero-order valence-electron chi connectivity index (χ0n) is 17.0.